The van der Waals surface area contributed by atoms with Crippen molar-refractivity contribution >= 4 is 6.03 Å². The van der Waals surface area contributed by atoms with Crippen LogP contribution in [0.2, 0.25) is 0 Å². The minimum atomic E-state index is -0.0336. The zero-order valence-corrected chi connectivity index (χ0v) is 5.13. The van der Waals surface area contributed by atoms with Crippen molar-refractivity contribution in [2.75, 3.05) is 13.6 Å². The topological polar surface area (TPSA) is 44.9 Å². The SMILES string of the molecule is CN1C(=O)NCC2OC21. The Labute approximate surface area is 52.8 Å². The van der Waals surface area contributed by atoms with Gasteiger partial charge in [-0.2, -0.15) is 0 Å². The highest BCUT2D eigenvalue weighted by Crippen LogP contribution is 2.26. The Balaban J connectivity index is 2.10. The molecule has 2 fully saturated rings. The number of ether oxygens (including phenoxy) is 1. The first kappa shape index (κ1) is 5.05. The largest absolute Gasteiger partial charge is 0.346 e. The van der Waals surface area contributed by atoms with E-state index in [1.54, 1.807) is 11.9 Å². The molecule has 0 aromatic rings. The molecule has 2 atom stereocenters. The Bertz CT molecular complexity index is 159. The summed E-state index contributed by atoms with van der Waals surface area (Å²) >= 11 is 0. The average Bonchev–Trinajstić information content (AvgIpc) is 2.58. The quantitative estimate of drug-likeness (QED) is 0.441. The molecule has 0 bridgehead atoms. The molecule has 0 aromatic carbocycles. The predicted molar refractivity (Wildman–Crippen MR) is 29.8 cm³/mol. The van der Waals surface area contributed by atoms with Crippen molar-refractivity contribution in [1.29, 1.82) is 0 Å². The summed E-state index contributed by atoms with van der Waals surface area (Å²) < 4.78 is 5.10. The molecule has 4 nitrogen and oxygen atoms in total. The number of carbonyl (C=O) groups excluding carboxylic acids is 1. The molecule has 2 aliphatic rings. The number of carbonyl (C=O) groups is 1. The lowest BCUT2D eigenvalue weighted by Gasteiger charge is -2.18. The van der Waals surface area contributed by atoms with Crippen LogP contribution in [0.3, 0.4) is 0 Å². The van der Waals surface area contributed by atoms with Gasteiger partial charge in [0.25, 0.3) is 0 Å². The van der Waals surface area contributed by atoms with Crippen LogP contribution in [0, 0.1) is 0 Å². The number of hydrogen-bond acceptors (Lipinski definition) is 2. The summed E-state index contributed by atoms with van der Waals surface area (Å²) in [5.41, 5.74) is 0. The van der Waals surface area contributed by atoms with Gasteiger partial charge >= 0.3 is 6.03 Å². The molecule has 0 aliphatic carbocycles. The Morgan fingerprint density at radius 1 is 1.89 bits per heavy atom. The number of epoxide rings is 1. The molecule has 50 valence electrons. The molecule has 1 N–H and O–H groups in total. The van der Waals surface area contributed by atoms with Crippen LogP contribution in [-0.4, -0.2) is 36.9 Å². The lowest BCUT2D eigenvalue weighted by atomic mass is 10.3. The molecule has 2 heterocycles. The van der Waals surface area contributed by atoms with Gasteiger partial charge in [-0.3, -0.25) is 4.90 Å². The van der Waals surface area contributed by atoms with Gasteiger partial charge in [-0.25, -0.2) is 4.79 Å². The van der Waals surface area contributed by atoms with Crippen molar-refractivity contribution in [3.63, 3.8) is 0 Å². The van der Waals surface area contributed by atoms with E-state index < -0.39 is 0 Å². The van der Waals surface area contributed by atoms with Crippen LogP contribution < -0.4 is 5.32 Å². The van der Waals surface area contributed by atoms with E-state index in [2.05, 4.69) is 5.32 Å². The van der Waals surface area contributed by atoms with E-state index >= 15 is 0 Å². The van der Waals surface area contributed by atoms with Gasteiger partial charge in [0, 0.05) is 7.05 Å². The van der Waals surface area contributed by atoms with Crippen molar-refractivity contribution in [1.82, 2.24) is 10.2 Å². The molecular weight excluding hydrogens is 120 g/mol. The molecule has 2 aliphatic heterocycles. The number of nitrogens with one attached hydrogen (secondary N) is 1. The van der Waals surface area contributed by atoms with Gasteiger partial charge in [0.2, 0.25) is 0 Å². The van der Waals surface area contributed by atoms with E-state index in [0.29, 0.717) is 6.54 Å². The predicted octanol–water partition coefficient (Wildman–Crippen LogP) is -0.634. The Morgan fingerprint density at radius 2 is 2.67 bits per heavy atom. The monoisotopic (exact) mass is 128 g/mol. The number of amides is 2. The van der Waals surface area contributed by atoms with Crippen LogP contribution in [0.1, 0.15) is 0 Å². The first-order valence-corrected chi connectivity index (χ1v) is 2.95. The van der Waals surface area contributed by atoms with Crippen LogP contribution in [0.25, 0.3) is 0 Å². The lowest BCUT2D eigenvalue weighted by molar-refractivity contribution is 0.184. The highest BCUT2D eigenvalue weighted by Gasteiger charge is 2.47. The van der Waals surface area contributed by atoms with Crippen molar-refractivity contribution in [2.24, 2.45) is 0 Å². The molecule has 9 heavy (non-hydrogen) atoms. The maximum Gasteiger partial charge on any atom is 0.319 e. The number of rotatable bonds is 0. The van der Waals surface area contributed by atoms with Crippen molar-refractivity contribution < 1.29 is 9.53 Å². The molecule has 0 radical (unpaired) electrons. The zero-order valence-electron chi connectivity index (χ0n) is 5.13. The number of nitrogens with zero attached hydrogens (tertiary/aromatic N) is 1. The highest BCUT2D eigenvalue weighted by molar-refractivity contribution is 5.75. The second kappa shape index (κ2) is 1.39. The van der Waals surface area contributed by atoms with E-state index in [-0.39, 0.29) is 18.4 Å². The Hall–Kier alpha value is -0.770. The van der Waals surface area contributed by atoms with Crippen molar-refractivity contribution in [3.05, 3.63) is 0 Å². The Morgan fingerprint density at radius 3 is 3.33 bits per heavy atom. The van der Waals surface area contributed by atoms with E-state index in [9.17, 15) is 4.79 Å². The molecule has 2 unspecified atom stereocenters. The summed E-state index contributed by atoms with van der Waals surface area (Å²) in [6.45, 7) is 0.674. The third-order valence-corrected chi connectivity index (χ3v) is 1.71. The first-order chi connectivity index (χ1) is 4.29. The van der Waals surface area contributed by atoms with Crippen LogP contribution in [-0.2, 0) is 4.74 Å². The molecule has 2 rings (SSSR count). The maximum absolute atomic E-state index is 10.8. The van der Waals surface area contributed by atoms with Crippen LogP contribution in [0.15, 0.2) is 0 Å². The summed E-state index contributed by atoms with van der Waals surface area (Å²) in [6.07, 6.45) is 0.325. The fourth-order valence-corrected chi connectivity index (χ4v) is 1.05. The fraction of sp³-hybridized carbons (Fsp3) is 0.800. The van der Waals surface area contributed by atoms with Gasteiger partial charge in [-0.05, 0) is 0 Å². The normalized spacial score (nSPS) is 39.7. The van der Waals surface area contributed by atoms with Crippen LogP contribution in [0.5, 0.6) is 0 Å². The summed E-state index contributed by atoms with van der Waals surface area (Å²) in [5, 5.41) is 2.69. The molecule has 0 saturated carbocycles. The van der Waals surface area contributed by atoms with Gasteiger partial charge in [0.15, 0.2) is 6.23 Å². The smallest absolute Gasteiger partial charge is 0.319 e. The maximum atomic E-state index is 10.8. The van der Waals surface area contributed by atoms with Crippen LogP contribution in [0.4, 0.5) is 4.79 Å². The summed E-state index contributed by atoms with van der Waals surface area (Å²) in [4.78, 5) is 12.3. The number of fused-ring (bicyclic) bond motifs is 1. The van der Waals surface area contributed by atoms with Gasteiger partial charge in [-0.15, -0.1) is 0 Å². The number of hydrogen-bond donors (Lipinski definition) is 1. The summed E-state index contributed by atoms with van der Waals surface area (Å²) in [7, 11) is 1.74. The standard InChI is InChI=1S/C5H8N2O2/c1-7-4-3(9-4)2-6-5(7)8/h3-4H,2H2,1H3,(H,6,8). The molecule has 2 amide bonds. The summed E-state index contributed by atoms with van der Waals surface area (Å²) in [5.74, 6) is 0. The fourth-order valence-electron chi connectivity index (χ4n) is 1.05. The van der Waals surface area contributed by atoms with E-state index in [1.807, 2.05) is 0 Å². The second-order valence-corrected chi connectivity index (χ2v) is 2.36. The average molecular weight is 128 g/mol. The number of likely N-dealkylation sites (N-methyl/N-ethyl adjacent to an activating group) is 1. The van der Waals surface area contributed by atoms with Gasteiger partial charge in [-0.1, -0.05) is 0 Å². The molecule has 2 saturated heterocycles. The number of urea groups is 1. The summed E-state index contributed by atoms with van der Waals surface area (Å²) in [6, 6.07) is -0.0336. The molecule has 0 spiro atoms. The third kappa shape index (κ3) is 0.595. The van der Waals surface area contributed by atoms with E-state index in [4.69, 9.17) is 4.74 Å². The minimum Gasteiger partial charge on any atom is -0.346 e. The zero-order chi connectivity index (χ0) is 6.43. The second-order valence-electron chi connectivity index (χ2n) is 2.36. The van der Waals surface area contributed by atoms with Gasteiger partial charge in [0.05, 0.1) is 6.54 Å². The Kier molecular flexibility index (Phi) is 0.778. The lowest BCUT2D eigenvalue weighted by Crippen LogP contribution is -2.46. The third-order valence-electron chi connectivity index (χ3n) is 1.71. The van der Waals surface area contributed by atoms with Crippen molar-refractivity contribution in [2.45, 2.75) is 12.3 Å². The minimum absolute atomic E-state index is 0.0336. The first-order valence-electron chi connectivity index (χ1n) is 2.95. The van der Waals surface area contributed by atoms with Crippen LogP contribution >= 0.6 is 0 Å². The van der Waals surface area contributed by atoms with E-state index in [0.717, 1.165) is 0 Å². The molecule has 0 aromatic heterocycles. The van der Waals surface area contributed by atoms with Gasteiger partial charge in [0.1, 0.15) is 6.10 Å². The molecule has 4 heteroatoms. The molecular formula is C5H8N2O2. The van der Waals surface area contributed by atoms with E-state index in [1.165, 1.54) is 0 Å². The van der Waals surface area contributed by atoms with Crippen molar-refractivity contribution in [3.8, 4) is 0 Å². The highest BCUT2D eigenvalue weighted by atomic mass is 16.6. The van der Waals surface area contributed by atoms with Gasteiger partial charge < -0.3 is 10.1 Å².